The van der Waals surface area contributed by atoms with E-state index in [-0.39, 0.29) is 5.54 Å². The predicted molar refractivity (Wildman–Crippen MR) is 62.5 cm³/mol. The Kier molecular flexibility index (Phi) is 2.58. The van der Waals surface area contributed by atoms with E-state index in [1.165, 1.54) is 10.5 Å². The summed E-state index contributed by atoms with van der Waals surface area (Å²) in [7, 11) is 0. The first-order valence-electron chi connectivity index (χ1n) is 5.19. The number of rotatable bonds is 3. The number of nitrogens with two attached hydrogens (primary N) is 1. The van der Waals surface area contributed by atoms with Crippen LogP contribution in [0, 0.1) is 5.92 Å². The van der Waals surface area contributed by atoms with Crippen molar-refractivity contribution in [2.75, 3.05) is 5.75 Å². The predicted octanol–water partition coefficient (Wildman–Crippen LogP) is 2.99. The fourth-order valence-corrected chi connectivity index (χ4v) is 2.54. The van der Waals surface area contributed by atoms with E-state index in [4.69, 9.17) is 5.73 Å². The van der Waals surface area contributed by atoms with Crippen LogP contribution in [-0.4, -0.2) is 5.75 Å². The molecule has 1 aliphatic carbocycles. The molecule has 0 heterocycles. The van der Waals surface area contributed by atoms with Crippen LogP contribution in [0.15, 0.2) is 29.2 Å². The van der Waals surface area contributed by atoms with Crippen molar-refractivity contribution in [3.63, 3.8) is 0 Å². The van der Waals surface area contributed by atoms with Crippen molar-refractivity contribution in [3.8, 4) is 0 Å². The number of benzene rings is 1. The minimum atomic E-state index is -0.0184. The number of hydrogen-bond acceptors (Lipinski definition) is 2. The van der Waals surface area contributed by atoms with E-state index in [2.05, 4.69) is 38.1 Å². The normalized spacial score (nSPS) is 30.4. The molecule has 1 aromatic carbocycles. The monoisotopic (exact) mass is 207 g/mol. The summed E-state index contributed by atoms with van der Waals surface area (Å²) < 4.78 is 0. The Morgan fingerprint density at radius 2 is 2.00 bits per heavy atom. The maximum atomic E-state index is 6.23. The summed E-state index contributed by atoms with van der Waals surface area (Å²) in [6, 6.07) is 8.73. The van der Waals surface area contributed by atoms with Crippen molar-refractivity contribution in [3.05, 3.63) is 29.8 Å². The highest BCUT2D eigenvalue weighted by Gasteiger charge is 2.48. The highest BCUT2D eigenvalue weighted by Crippen LogP contribution is 2.49. The Hall–Kier alpha value is -0.470. The smallest absolute Gasteiger partial charge is 0.0439 e. The molecule has 76 valence electrons. The summed E-state index contributed by atoms with van der Waals surface area (Å²) in [6.07, 6.45) is 1.13. The molecule has 2 N–H and O–H groups in total. The molecule has 0 aromatic heterocycles. The van der Waals surface area contributed by atoms with Gasteiger partial charge in [0, 0.05) is 10.4 Å². The molecule has 2 rings (SSSR count). The largest absolute Gasteiger partial charge is 0.321 e. The SMILES string of the molecule is CCSc1ccc(C2(N)CC2C)cc1. The van der Waals surface area contributed by atoms with Crippen LogP contribution >= 0.6 is 11.8 Å². The van der Waals surface area contributed by atoms with Gasteiger partial charge in [0.1, 0.15) is 0 Å². The Bertz CT molecular complexity index is 320. The van der Waals surface area contributed by atoms with E-state index in [9.17, 15) is 0 Å². The second kappa shape index (κ2) is 3.59. The molecule has 0 radical (unpaired) electrons. The van der Waals surface area contributed by atoms with Gasteiger partial charge in [-0.2, -0.15) is 0 Å². The van der Waals surface area contributed by atoms with Crippen LogP contribution in [0.5, 0.6) is 0 Å². The van der Waals surface area contributed by atoms with Crippen LogP contribution in [0.2, 0.25) is 0 Å². The molecule has 0 bridgehead atoms. The summed E-state index contributed by atoms with van der Waals surface area (Å²) in [4.78, 5) is 1.34. The van der Waals surface area contributed by atoms with E-state index in [0.717, 1.165) is 12.2 Å². The molecule has 2 unspecified atom stereocenters. The molecule has 0 spiro atoms. The maximum absolute atomic E-state index is 6.23. The van der Waals surface area contributed by atoms with E-state index >= 15 is 0 Å². The zero-order chi connectivity index (χ0) is 10.2. The Labute approximate surface area is 90.1 Å². The van der Waals surface area contributed by atoms with Crippen LogP contribution in [0.4, 0.5) is 0 Å². The van der Waals surface area contributed by atoms with Crippen molar-refractivity contribution in [2.45, 2.75) is 30.7 Å². The van der Waals surface area contributed by atoms with Gasteiger partial charge in [-0.05, 0) is 35.8 Å². The van der Waals surface area contributed by atoms with Crippen LogP contribution in [0.1, 0.15) is 25.8 Å². The highest BCUT2D eigenvalue weighted by molar-refractivity contribution is 7.99. The fourth-order valence-electron chi connectivity index (χ4n) is 1.88. The topological polar surface area (TPSA) is 26.0 Å². The molecule has 2 atom stereocenters. The molecule has 1 aromatic rings. The summed E-state index contributed by atoms with van der Waals surface area (Å²) in [6.45, 7) is 4.39. The van der Waals surface area contributed by atoms with Gasteiger partial charge in [0.15, 0.2) is 0 Å². The zero-order valence-electron chi connectivity index (χ0n) is 8.79. The number of thioether (sulfide) groups is 1. The van der Waals surface area contributed by atoms with Crippen molar-refractivity contribution in [1.82, 2.24) is 0 Å². The standard InChI is InChI=1S/C12H17NS/c1-3-14-11-6-4-10(5-7-11)12(13)8-9(12)2/h4-7,9H,3,8,13H2,1-2H3. The maximum Gasteiger partial charge on any atom is 0.0439 e. The summed E-state index contributed by atoms with van der Waals surface area (Å²) >= 11 is 1.87. The third-order valence-corrected chi connectivity index (χ3v) is 3.96. The molecule has 1 saturated carbocycles. The second-order valence-electron chi connectivity index (χ2n) is 4.10. The molecule has 14 heavy (non-hydrogen) atoms. The van der Waals surface area contributed by atoms with Gasteiger partial charge in [0.25, 0.3) is 0 Å². The lowest BCUT2D eigenvalue weighted by Crippen LogP contribution is -2.21. The molecule has 1 fully saturated rings. The highest BCUT2D eigenvalue weighted by atomic mass is 32.2. The van der Waals surface area contributed by atoms with E-state index in [1.54, 1.807) is 0 Å². The van der Waals surface area contributed by atoms with Gasteiger partial charge >= 0.3 is 0 Å². The molecule has 0 aliphatic heterocycles. The molecular weight excluding hydrogens is 190 g/mol. The van der Waals surface area contributed by atoms with E-state index < -0.39 is 0 Å². The Balaban J connectivity index is 2.15. The van der Waals surface area contributed by atoms with Crippen LogP contribution in [0.25, 0.3) is 0 Å². The van der Waals surface area contributed by atoms with Crippen molar-refractivity contribution in [1.29, 1.82) is 0 Å². The van der Waals surface area contributed by atoms with Gasteiger partial charge in [-0.3, -0.25) is 0 Å². The molecule has 0 saturated heterocycles. The number of hydrogen-bond donors (Lipinski definition) is 1. The minimum Gasteiger partial charge on any atom is -0.321 e. The quantitative estimate of drug-likeness (QED) is 0.771. The van der Waals surface area contributed by atoms with Gasteiger partial charge in [0.2, 0.25) is 0 Å². The molecule has 2 heteroatoms. The summed E-state index contributed by atoms with van der Waals surface area (Å²) in [5.74, 6) is 1.77. The average molecular weight is 207 g/mol. The minimum absolute atomic E-state index is 0.0184. The van der Waals surface area contributed by atoms with Crippen molar-refractivity contribution in [2.24, 2.45) is 11.7 Å². The fraction of sp³-hybridized carbons (Fsp3) is 0.500. The van der Waals surface area contributed by atoms with E-state index in [1.807, 2.05) is 11.8 Å². The van der Waals surface area contributed by atoms with Gasteiger partial charge < -0.3 is 5.73 Å². The summed E-state index contributed by atoms with van der Waals surface area (Å²) in [5, 5.41) is 0. The molecule has 1 aliphatic rings. The summed E-state index contributed by atoms with van der Waals surface area (Å²) in [5.41, 5.74) is 7.51. The van der Waals surface area contributed by atoms with Crippen LogP contribution < -0.4 is 5.73 Å². The van der Waals surface area contributed by atoms with Gasteiger partial charge in [-0.15, -0.1) is 11.8 Å². The van der Waals surface area contributed by atoms with Gasteiger partial charge in [-0.25, -0.2) is 0 Å². The average Bonchev–Trinajstić information content (AvgIpc) is 2.78. The van der Waals surface area contributed by atoms with Crippen molar-refractivity contribution >= 4 is 11.8 Å². The molecule has 0 amide bonds. The second-order valence-corrected chi connectivity index (χ2v) is 5.44. The third kappa shape index (κ3) is 1.69. The van der Waals surface area contributed by atoms with Crippen LogP contribution in [0.3, 0.4) is 0 Å². The lowest BCUT2D eigenvalue weighted by Gasteiger charge is -2.11. The van der Waals surface area contributed by atoms with Crippen LogP contribution in [-0.2, 0) is 5.54 Å². The van der Waals surface area contributed by atoms with E-state index in [0.29, 0.717) is 5.92 Å². The third-order valence-electron chi connectivity index (χ3n) is 3.07. The van der Waals surface area contributed by atoms with Gasteiger partial charge in [-0.1, -0.05) is 26.0 Å². The Morgan fingerprint density at radius 3 is 2.43 bits per heavy atom. The lowest BCUT2D eigenvalue weighted by atomic mass is 10.0. The first-order chi connectivity index (χ1) is 6.66. The first kappa shape index (κ1) is 10.1. The first-order valence-corrected chi connectivity index (χ1v) is 6.17. The lowest BCUT2D eigenvalue weighted by molar-refractivity contribution is 0.664. The van der Waals surface area contributed by atoms with Crippen molar-refractivity contribution < 1.29 is 0 Å². The molecular formula is C12H17NS. The van der Waals surface area contributed by atoms with Gasteiger partial charge in [0.05, 0.1) is 0 Å². The molecule has 1 nitrogen and oxygen atoms in total. The zero-order valence-corrected chi connectivity index (χ0v) is 9.60. The Morgan fingerprint density at radius 1 is 1.43 bits per heavy atom.